The molecule has 0 aliphatic heterocycles. The number of hydrogen-bond donors (Lipinski definition) is 0. The predicted molar refractivity (Wildman–Crippen MR) is 57.6 cm³/mol. The zero-order valence-corrected chi connectivity index (χ0v) is 8.70. The van der Waals surface area contributed by atoms with Crippen molar-refractivity contribution in [2.24, 2.45) is 0 Å². The van der Waals surface area contributed by atoms with E-state index in [9.17, 15) is 0 Å². The lowest BCUT2D eigenvalue weighted by Crippen LogP contribution is -1.95. The third-order valence-electron chi connectivity index (χ3n) is 1.85. The molecule has 15 heavy (non-hydrogen) atoms. The van der Waals surface area contributed by atoms with Crippen LogP contribution in [0, 0.1) is 11.3 Å². The minimum atomic E-state index is 0.484. The summed E-state index contributed by atoms with van der Waals surface area (Å²) in [6.45, 7) is 0.484. The van der Waals surface area contributed by atoms with Crippen LogP contribution in [0.5, 0.6) is 5.75 Å². The van der Waals surface area contributed by atoms with Crippen LogP contribution in [-0.4, -0.2) is 4.98 Å². The van der Waals surface area contributed by atoms with Crippen LogP contribution in [0.4, 0.5) is 0 Å². The summed E-state index contributed by atoms with van der Waals surface area (Å²) in [7, 11) is 0. The highest BCUT2D eigenvalue weighted by Gasteiger charge is 2.02. The van der Waals surface area contributed by atoms with Crippen LogP contribution in [0.15, 0.2) is 36.0 Å². The maximum Gasteiger partial charge on any atom is 0.155 e. The van der Waals surface area contributed by atoms with Gasteiger partial charge in [-0.15, -0.1) is 11.3 Å². The Kier molecular flexibility index (Phi) is 2.96. The molecule has 2 aromatic rings. The molecular weight excluding hydrogens is 208 g/mol. The van der Waals surface area contributed by atoms with Gasteiger partial charge in [0.2, 0.25) is 0 Å². The van der Waals surface area contributed by atoms with Crippen LogP contribution < -0.4 is 4.74 Å². The lowest BCUT2D eigenvalue weighted by atomic mass is 10.3. The molecule has 2 rings (SSSR count). The molecule has 0 saturated heterocycles. The highest BCUT2D eigenvalue weighted by atomic mass is 32.1. The van der Waals surface area contributed by atoms with Crippen molar-refractivity contribution in [1.29, 1.82) is 5.26 Å². The van der Waals surface area contributed by atoms with Crippen LogP contribution in [0.25, 0.3) is 0 Å². The van der Waals surface area contributed by atoms with Gasteiger partial charge >= 0.3 is 0 Å². The summed E-state index contributed by atoms with van der Waals surface area (Å²) in [6, 6.07) is 7.67. The molecule has 4 heteroatoms. The number of hydrogen-bond acceptors (Lipinski definition) is 4. The van der Waals surface area contributed by atoms with E-state index in [1.54, 1.807) is 29.8 Å². The van der Waals surface area contributed by atoms with Gasteiger partial charge in [-0.3, -0.25) is 4.98 Å². The van der Waals surface area contributed by atoms with Gasteiger partial charge in [0.05, 0.1) is 11.8 Å². The third kappa shape index (κ3) is 2.33. The zero-order valence-electron chi connectivity index (χ0n) is 7.88. The van der Waals surface area contributed by atoms with Gasteiger partial charge in [0.25, 0.3) is 0 Å². The molecule has 0 saturated carbocycles. The molecule has 0 N–H and O–H groups in total. The molecule has 0 atom stereocenters. The Morgan fingerprint density at radius 1 is 1.47 bits per heavy atom. The minimum Gasteiger partial charge on any atom is -0.485 e. The van der Waals surface area contributed by atoms with E-state index in [-0.39, 0.29) is 0 Å². The molecule has 2 heterocycles. The van der Waals surface area contributed by atoms with Crippen molar-refractivity contribution >= 4 is 11.3 Å². The first kappa shape index (κ1) is 9.69. The van der Waals surface area contributed by atoms with E-state index >= 15 is 0 Å². The van der Waals surface area contributed by atoms with Crippen molar-refractivity contribution in [1.82, 2.24) is 4.98 Å². The summed E-state index contributed by atoms with van der Waals surface area (Å²) in [5, 5.41) is 10.8. The Morgan fingerprint density at radius 2 is 2.40 bits per heavy atom. The highest BCUT2D eigenvalue weighted by molar-refractivity contribution is 7.09. The fourth-order valence-corrected chi connectivity index (χ4v) is 1.75. The molecule has 74 valence electrons. The van der Waals surface area contributed by atoms with E-state index in [0.717, 1.165) is 4.88 Å². The normalized spacial score (nSPS) is 9.53. The number of pyridine rings is 1. The van der Waals surface area contributed by atoms with Crippen LogP contribution in [-0.2, 0) is 6.61 Å². The second-order valence-corrected chi connectivity index (χ2v) is 3.88. The first-order valence-corrected chi connectivity index (χ1v) is 5.27. The Labute approximate surface area is 91.6 Å². The number of thiophene rings is 1. The summed E-state index contributed by atoms with van der Waals surface area (Å²) in [5.41, 5.74) is 0.515. The van der Waals surface area contributed by atoms with Gasteiger partial charge in [-0.05, 0) is 17.5 Å². The number of nitriles is 1. The van der Waals surface area contributed by atoms with Gasteiger partial charge < -0.3 is 4.74 Å². The average Bonchev–Trinajstić information content (AvgIpc) is 2.79. The maximum atomic E-state index is 8.82. The second-order valence-electron chi connectivity index (χ2n) is 2.85. The third-order valence-corrected chi connectivity index (χ3v) is 2.70. The molecule has 0 bridgehead atoms. The van der Waals surface area contributed by atoms with Crippen LogP contribution >= 0.6 is 11.3 Å². The van der Waals surface area contributed by atoms with E-state index in [1.807, 2.05) is 17.5 Å². The van der Waals surface area contributed by atoms with Crippen molar-refractivity contribution < 1.29 is 4.74 Å². The van der Waals surface area contributed by atoms with E-state index in [2.05, 4.69) is 11.1 Å². The largest absolute Gasteiger partial charge is 0.485 e. The summed E-state index contributed by atoms with van der Waals surface area (Å²) < 4.78 is 5.50. The van der Waals surface area contributed by atoms with Gasteiger partial charge in [0.1, 0.15) is 12.7 Å². The average molecular weight is 216 g/mol. The molecule has 0 fully saturated rings. The summed E-state index contributed by atoms with van der Waals surface area (Å²) >= 11 is 1.63. The van der Waals surface area contributed by atoms with Gasteiger partial charge in [0, 0.05) is 11.1 Å². The predicted octanol–water partition coefficient (Wildman–Crippen LogP) is 2.59. The molecule has 0 aliphatic carbocycles. The van der Waals surface area contributed by atoms with Crippen molar-refractivity contribution in [2.45, 2.75) is 6.61 Å². The summed E-state index contributed by atoms with van der Waals surface area (Å²) in [5.74, 6) is 0.536. The SMILES string of the molecule is N#Cc1ccncc1OCc1cccs1. The number of nitrogens with zero attached hydrogens (tertiary/aromatic N) is 2. The quantitative estimate of drug-likeness (QED) is 0.792. The van der Waals surface area contributed by atoms with E-state index in [4.69, 9.17) is 10.00 Å². The Bertz CT molecular complexity index is 474. The lowest BCUT2D eigenvalue weighted by Gasteiger charge is -2.04. The van der Waals surface area contributed by atoms with Gasteiger partial charge in [-0.1, -0.05) is 6.07 Å². The molecule has 2 aromatic heterocycles. The van der Waals surface area contributed by atoms with Gasteiger partial charge in [-0.25, -0.2) is 0 Å². The van der Waals surface area contributed by atoms with Crippen molar-refractivity contribution in [3.05, 3.63) is 46.4 Å². The molecule has 0 aromatic carbocycles. The summed E-state index contributed by atoms with van der Waals surface area (Å²) in [4.78, 5) is 5.05. The number of rotatable bonds is 3. The fraction of sp³-hybridized carbons (Fsp3) is 0.0909. The number of ether oxygens (including phenoxy) is 1. The fourth-order valence-electron chi connectivity index (χ4n) is 1.13. The second kappa shape index (κ2) is 4.58. The first-order valence-electron chi connectivity index (χ1n) is 4.39. The Balaban J connectivity index is 2.08. The molecular formula is C11H8N2OS. The van der Waals surface area contributed by atoms with Gasteiger partial charge in [0.15, 0.2) is 5.75 Å². The molecule has 3 nitrogen and oxygen atoms in total. The van der Waals surface area contributed by atoms with Gasteiger partial charge in [-0.2, -0.15) is 5.26 Å². The van der Waals surface area contributed by atoms with Crippen LogP contribution in [0.3, 0.4) is 0 Å². The Hall–Kier alpha value is -1.86. The van der Waals surface area contributed by atoms with Crippen molar-refractivity contribution in [3.8, 4) is 11.8 Å². The molecule has 0 unspecified atom stereocenters. The van der Waals surface area contributed by atoms with E-state index < -0.39 is 0 Å². The topological polar surface area (TPSA) is 45.9 Å². The Morgan fingerprint density at radius 3 is 3.13 bits per heavy atom. The monoisotopic (exact) mass is 216 g/mol. The number of aromatic nitrogens is 1. The van der Waals surface area contributed by atoms with Crippen LogP contribution in [0.1, 0.15) is 10.4 Å². The minimum absolute atomic E-state index is 0.484. The molecule has 0 amide bonds. The van der Waals surface area contributed by atoms with E-state index in [1.165, 1.54) is 0 Å². The standard InChI is InChI=1S/C11H8N2OS/c12-6-9-3-4-13-7-11(9)14-8-10-2-1-5-15-10/h1-5,7H,8H2. The molecule has 0 radical (unpaired) electrons. The van der Waals surface area contributed by atoms with Crippen LogP contribution in [0.2, 0.25) is 0 Å². The molecule has 0 spiro atoms. The molecule has 0 aliphatic rings. The maximum absolute atomic E-state index is 8.82. The van der Waals surface area contributed by atoms with Crippen molar-refractivity contribution in [3.63, 3.8) is 0 Å². The van der Waals surface area contributed by atoms with E-state index in [0.29, 0.717) is 17.9 Å². The zero-order chi connectivity index (χ0) is 10.5. The summed E-state index contributed by atoms with van der Waals surface area (Å²) in [6.07, 6.45) is 3.14. The highest BCUT2D eigenvalue weighted by Crippen LogP contribution is 2.18. The first-order chi connectivity index (χ1) is 7.40. The lowest BCUT2D eigenvalue weighted by molar-refractivity contribution is 0.307. The van der Waals surface area contributed by atoms with Crippen molar-refractivity contribution in [2.75, 3.05) is 0 Å². The smallest absolute Gasteiger partial charge is 0.155 e.